The fourth-order valence-electron chi connectivity index (χ4n) is 2.49. The van der Waals surface area contributed by atoms with Crippen LogP contribution in [0.1, 0.15) is 25.3 Å². The molecule has 0 bridgehead atoms. The Kier molecular flexibility index (Phi) is 8.19. The molecule has 0 aliphatic heterocycles. The molecule has 1 amide bonds. The van der Waals surface area contributed by atoms with Gasteiger partial charge in [-0.05, 0) is 24.6 Å². The van der Waals surface area contributed by atoms with Gasteiger partial charge < -0.3 is 14.4 Å². The average molecular weight is 355 g/mol. The number of esters is 1. The SMILES string of the molecule is CCOC(=O)CCN(Cc1ccccc1)C(=O)CCOc1ccccc1. The van der Waals surface area contributed by atoms with E-state index in [1.54, 1.807) is 11.8 Å². The molecular formula is C21H25NO4. The van der Waals surface area contributed by atoms with E-state index in [2.05, 4.69) is 0 Å². The highest BCUT2D eigenvalue weighted by Gasteiger charge is 2.16. The standard InChI is InChI=1S/C21H25NO4/c1-2-25-21(24)13-15-22(17-18-9-5-3-6-10-18)20(23)14-16-26-19-11-7-4-8-12-19/h3-12H,2,13-17H2,1H3. The van der Waals surface area contributed by atoms with Crippen LogP contribution in [-0.4, -0.2) is 36.5 Å². The van der Waals surface area contributed by atoms with Gasteiger partial charge in [-0.25, -0.2) is 0 Å². The van der Waals surface area contributed by atoms with Crippen LogP contribution in [0.15, 0.2) is 60.7 Å². The first kappa shape index (κ1) is 19.5. The van der Waals surface area contributed by atoms with Crippen LogP contribution < -0.4 is 4.74 Å². The number of amides is 1. The molecule has 0 spiro atoms. The Morgan fingerprint density at radius 3 is 2.23 bits per heavy atom. The van der Waals surface area contributed by atoms with E-state index in [1.165, 1.54) is 0 Å². The topological polar surface area (TPSA) is 55.8 Å². The Morgan fingerprint density at radius 1 is 0.923 bits per heavy atom. The molecule has 2 rings (SSSR count). The quantitative estimate of drug-likeness (QED) is 0.613. The number of hydrogen-bond donors (Lipinski definition) is 0. The Bertz CT molecular complexity index is 673. The van der Waals surface area contributed by atoms with Crippen LogP contribution in [0.3, 0.4) is 0 Å². The van der Waals surface area contributed by atoms with Crippen LogP contribution in [0, 0.1) is 0 Å². The van der Waals surface area contributed by atoms with E-state index < -0.39 is 0 Å². The summed E-state index contributed by atoms with van der Waals surface area (Å²) in [5.41, 5.74) is 1.02. The number of ether oxygens (including phenoxy) is 2. The van der Waals surface area contributed by atoms with Gasteiger partial charge in [-0.15, -0.1) is 0 Å². The number of nitrogens with zero attached hydrogens (tertiary/aromatic N) is 1. The highest BCUT2D eigenvalue weighted by Crippen LogP contribution is 2.11. The van der Waals surface area contributed by atoms with Gasteiger partial charge in [0.15, 0.2) is 0 Å². The molecule has 138 valence electrons. The molecule has 0 radical (unpaired) electrons. The van der Waals surface area contributed by atoms with Crippen molar-refractivity contribution >= 4 is 11.9 Å². The van der Waals surface area contributed by atoms with Crippen molar-refractivity contribution in [1.29, 1.82) is 0 Å². The lowest BCUT2D eigenvalue weighted by atomic mass is 10.2. The number of benzene rings is 2. The molecule has 0 N–H and O–H groups in total. The summed E-state index contributed by atoms with van der Waals surface area (Å²) in [7, 11) is 0. The first-order valence-corrected chi connectivity index (χ1v) is 8.84. The molecule has 2 aromatic rings. The van der Waals surface area contributed by atoms with Crippen LogP contribution >= 0.6 is 0 Å². The lowest BCUT2D eigenvalue weighted by Crippen LogP contribution is -2.33. The van der Waals surface area contributed by atoms with Crippen LogP contribution in [0.5, 0.6) is 5.75 Å². The van der Waals surface area contributed by atoms with Crippen molar-refractivity contribution in [2.24, 2.45) is 0 Å². The predicted molar refractivity (Wildman–Crippen MR) is 99.7 cm³/mol. The maximum Gasteiger partial charge on any atom is 0.307 e. The van der Waals surface area contributed by atoms with Gasteiger partial charge in [0, 0.05) is 13.1 Å². The number of rotatable bonds is 10. The third-order valence-corrected chi connectivity index (χ3v) is 3.79. The van der Waals surface area contributed by atoms with Crippen LogP contribution in [0.4, 0.5) is 0 Å². The molecule has 0 saturated carbocycles. The van der Waals surface area contributed by atoms with Gasteiger partial charge in [-0.2, -0.15) is 0 Å². The second kappa shape index (κ2) is 10.9. The van der Waals surface area contributed by atoms with Crippen molar-refractivity contribution in [3.63, 3.8) is 0 Å². The van der Waals surface area contributed by atoms with Gasteiger partial charge in [0.05, 0.1) is 26.1 Å². The van der Waals surface area contributed by atoms with E-state index in [9.17, 15) is 9.59 Å². The molecule has 0 aliphatic rings. The van der Waals surface area contributed by atoms with Crippen molar-refractivity contribution in [3.05, 3.63) is 66.2 Å². The maximum atomic E-state index is 12.6. The third kappa shape index (κ3) is 6.97. The summed E-state index contributed by atoms with van der Waals surface area (Å²) in [6.07, 6.45) is 0.441. The number of hydrogen-bond acceptors (Lipinski definition) is 4. The Morgan fingerprint density at radius 2 is 1.58 bits per heavy atom. The Balaban J connectivity index is 1.90. The van der Waals surface area contributed by atoms with E-state index >= 15 is 0 Å². The van der Waals surface area contributed by atoms with Crippen molar-refractivity contribution in [1.82, 2.24) is 4.90 Å². The van der Waals surface area contributed by atoms with Gasteiger partial charge in [0.25, 0.3) is 0 Å². The zero-order valence-electron chi connectivity index (χ0n) is 15.1. The molecule has 0 unspecified atom stereocenters. The molecular weight excluding hydrogens is 330 g/mol. The van der Waals surface area contributed by atoms with E-state index in [1.807, 2.05) is 60.7 Å². The summed E-state index contributed by atoms with van der Waals surface area (Å²) in [6.45, 7) is 3.21. The van der Waals surface area contributed by atoms with Gasteiger partial charge in [-0.3, -0.25) is 9.59 Å². The van der Waals surface area contributed by atoms with Crippen LogP contribution in [0.2, 0.25) is 0 Å². The smallest absolute Gasteiger partial charge is 0.307 e. The molecule has 5 nitrogen and oxygen atoms in total. The average Bonchev–Trinajstić information content (AvgIpc) is 2.67. The molecule has 0 heterocycles. The molecule has 0 atom stereocenters. The summed E-state index contributed by atoms with van der Waals surface area (Å²) in [5.74, 6) is 0.398. The van der Waals surface area contributed by atoms with E-state index in [4.69, 9.17) is 9.47 Å². The normalized spacial score (nSPS) is 10.2. The summed E-state index contributed by atoms with van der Waals surface area (Å²) in [6, 6.07) is 19.1. The lowest BCUT2D eigenvalue weighted by molar-refractivity contribution is -0.144. The minimum atomic E-state index is -0.293. The van der Waals surface area contributed by atoms with Crippen molar-refractivity contribution in [3.8, 4) is 5.75 Å². The molecule has 0 aliphatic carbocycles. The number of carbonyl (C=O) groups is 2. The lowest BCUT2D eigenvalue weighted by Gasteiger charge is -2.22. The van der Waals surface area contributed by atoms with Gasteiger partial charge in [0.2, 0.25) is 5.91 Å². The van der Waals surface area contributed by atoms with E-state index in [-0.39, 0.29) is 24.7 Å². The second-order valence-corrected chi connectivity index (χ2v) is 5.77. The van der Waals surface area contributed by atoms with E-state index in [0.717, 1.165) is 11.3 Å². The minimum Gasteiger partial charge on any atom is -0.493 e. The minimum absolute atomic E-state index is 0.0471. The number of carbonyl (C=O) groups excluding carboxylic acids is 2. The highest BCUT2D eigenvalue weighted by molar-refractivity contribution is 5.77. The molecule has 5 heteroatoms. The predicted octanol–water partition coefficient (Wildman–Crippen LogP) is 3.44. The molecule has 0 aromatic heterocycles. The van der Waals surface area contributed by atoms with Crippen LogP contribution in [-0.2, 0) is 20.9 Å². The van der Waals surface area contributed by atoms with Crippen molar-refractivity contribution in [2.45, 2.75) is 26.3 Å². The molecule has 0 fully saturated rings. The van der Waals surface area contributed by atoms with Crippen molar-refractivity contribution < 1.29 is 19.1 Å². The Labute approximate surface area is 154 Å². The van der Waals surface area contributed by atoms with E-state index in [0.29, 0.717) is 26.3 Å². The Hall–Kier alpha value is -2.82. The molecule has 0 saturated heterocycles. The first-order valence-electron chi connectivity index (χ1n) is 8.84. The maximum absolute atomic E-state index is 12.6. The second-order valence-electron chi connectivity index (χ2n) is 5.77. The van der Waals surface area contributed by atoms with Gasteiger partial charge in [-0.1, -0.05) is 48.5 Å². The summed E-state index contributed by atoms with van der Waals surface area (Å²) in [5, 5.41) is 0. The summed E-state index contributed by atoms with van der Waals surface area (Å²) < 4.78 is 10.6. The van der Waals surface area contributed by atoms with Crippen LogP contribution in [0.25, 0.3) is 0 Å². The van der Waals surface area contributed by atoms with Gasteiger partial charge >= 0.3 is 5.97 Å². The summed E-state index contributed by atoms with van der Waals surface area (Å²) >= 11 is 0. The monoisotopic (exact) mass is 355 g/mol. The molecule has 26 heavy (non-hydrogen) atoms. The third-order valence-electron chi connectivity index (χ3n) is 3.79. The zero-order valence-corrected chi connectivity index (χ0v) is 15.1. The zero-order chi connectivity index (χ0) is 18.6. The number of para-hydroxylation sites is 1. The molecule has 2 aromatic carbocycles. The fourth-order valence-corrected chi connectivity index (χ4v) is 2.49. The first-order chi connectivity index (χ1) is 12.7. The summed E-state index contributed by atoms with van der Waals surface area (Å²) in [4.78, 5) is 25.9. The largest absolute Gasteiger partial charge is 0.493 e. The fraction of sp³-hybridized carbons (Fsp3) is 0.333. The van der Waals surface area contributed by atoms with Gasteiger partial charge in [0.1, 0.15) is 5.75 Å². The van der Waals surface area contributed by atoms with Crippen molar-refractivity contribution in [2.75, 3.05) is 19.8 Å². The highest BCUT2D eigenvalue weighted by atomic mass is 16.5.